The van der Waals surface area contributed by atoms with Crippen LogP contribution < -0.4 is 10.9 Å². The van der Waals surface area contributed by atoms with Crippen LogP contribution in [0.4, 0.5) is 0 Å². The summed E-state index contributed by atoms with van der Waals surface area (Å²) in [5.41, 5.74) is 0.628. The van der Waals surface area contributed by atoms with Gasteiger partial charge in [-0.3, -0.25) is 14.2 Å². The van der Waals surface area contributed by atoms with Crippen LogP contribution in [-0.4, -0.2) is 26.8 Å². The highest BCUT2D eigenvalue weighted by molar-refractivity contribution is 8.00. The van der Waals surface area contributed by atoms with Crippen LogP contribution in [0.1, 0.15) is 46.5 Å². The van der Waals surface area contributed by atoms with Gasteiger partial charge in [0, 0.05) is 12.6 Å². The lowest BCUT2D eigenvalue weighted by Crippen LogP contribution is -2.44. The molecule has 3 atom stereocenters. The second-order valence-electron chi connectivity index (χ2n) is 8.30. The third-order valence-electron chi connectivity index (χ3n) is 6.19. The summed E-state index contributed by atoms with van der Waals surface area (Å²) in [6.07, 6.45) is 4.63. The summed E-state index contributed by atoms with van der Waals surface area (Å²) in [5, 5.41) is 6.21. The lowest BCUT2D eigenvalue weighted by atomic mass is 9.86. The molecule has 0 saturated heterocycles. The Labute approximate surface area is 181 Å². The molecule has 0 unspecified atom stereocenters. The molecular formula is C24H29N3O2S. The van der Waals surface area contributed by atoms with Gasteiger partial charge in [0.05, 0.1) is 16.2 Å². The van der Waals surface area contributed by atoms with Crippen molar-refractivity contribution >= 4 is 39.3 Å². The van der Waals surface area contributed by atoms with E-state index in [0.717, 1.165) is 17.2 Å². The Hall–Kier alpha value is -2.34. The number of rotatable bonds is 5. The van der Waals surface area contributed by atoms with Crippen molar-refractivity contribution in [1.29, 1.82) is 0 Å². The molecule has 1 fully saturated rings. The maximum atomic E-state index is 13.1. The summed E-state index contributed by atoms with van der Waals surface area (Å²) in [4.78, 5) is 30.8. The summed E-state index contributed by atoms with van der Waals surface area (Å²) in [6, 6.07) is 12.1. The van der Waals surface area contributed by atoms with E-state index in [1.54, 1.807) is 4.57 Å². The normalized spacial score (nSPS) is 20.4. The van der Waals surface area contributed by atoms with E-state index in [-0.39, 0.29) is 22.8 Å². The largest absolute Gasteiger partial charge is 0.352 e. The molecule has 5 nitrogen and oxygen atoms in total. The molecule has 1 amide bonds. The van der Waals surface area contributed by atoms with Gasteiger partial charge >= 0.3 is 0 Å². The zero-order valence-electron chi connectivity index (χ0n) is 17.9. The summed E-state index contributed by atoms with van der Waals surface area (Å²) < 4.78 is 1.68. The van der Waals surface area contributed by atoms with Crippen LogP contribution in [0.5, 0.6) is 0 Å². The summed E-state index contributed by atoms with van der Waals surface area (Å²) >= 11 is 1.37. The Morgan fingerprint density at radius 1 is 1.23 bits per heavy atom. The first-order valence-corrected chi connectivity index (χ1v) is 11.8. The monoisotopic (exact) mass is 423 g/mol. The second-order valence-corrected chi connectivity index (χ2v) is 9.61. The van der Waals surface area contributed by atoms with E-state index in [0.29, 0.717) is 28.5 Å². The van der Waals surface area contributed by atoms with Crippen molar-refractivity contribution in [2.24, 2.45) is 5.92 Å². The lowest BCUT2D eigenvalue weighted by Gasteiger charge is -2.30. The summed E-state index contributed by atoms with van der Waals surface area (Å²) in [6.45, 7) is 6.56. The molecule has 1 saturated carbocycles. The summed E-state index contributed by atoms with van der Waals surface area (Å²) in [7, 11) is 0. The average molecular weight is 424 g/mol. The van der Waals surface area contributed by atoms with Gasteiger partial charge in [-0.25, -0.2) is 4.98 Å². The fraction of sp³-hybridized carbons (Fsp3) is 0.458. The zero-order valence-corrected chi connectivity index (χ0v) is 18.7. The molecule has 2 aromatic carbocycles. The van der Waals surface area contributed by atoms with Crippen LogP contribution in [0.25, 0.3) is 21.7 Å². The van der Waals surface area contributed by atoms with E-state index in [9.17, 15) is 9.59 Å². The molecule has 158 valence electrons. The average Bonchev–Trinajstić information content (AvgIpc) is 2.74. The molecule has 4 rings (SSSR count). The number of carbonyl (C=O) groups excluding carboxylic acids is 1. The van der Waals surface area contributed by atoms with Crippen molar-refractivity contribution in [2.75, 3.05) is 0 Å². The van der Waals surface area contributed by atoms with Crippen LogP contribution in [0.3, 0.4) is 0 Å². The smallest absolute Gasteiger partial charge is 0.262 e. The molecule has 0 aliphatic heterocycles. The van der Waals surface area contributed by atoms with Crippen molar-refractivity contribution in [3.05, 3.63) is 46.8 Å². The molecule has 1 heterocycles. The Balaban J connectivity index is 1.63. The molecule has 30 heavy (non-hydrogen) atoms. The van der Waals surface area contributed by atoms with E-state index in [1.807, 2.05) is 50.2 Å². The maximum Gasteiger partial charge on any atom is 0.262 e. The number of aromatic nitrogens is 2. The molecule has 1 N–H and O–H groups in total. The van der Waals surface area contributed by atoms with Crippen LogP contribution in [0.2, 0.25) is 0 Å². The fourth-order valence-corrected chi connectivity index (χ4v) is 5.28. The fourth-order valence-electron chi connectivity index (χ4n) is 4.30. The molecule has 3 aromatic rings. The predicted octanol–water partition coefficient (Wildman–Crippen LogP) is 4.75. The zero-order chi connectivity index (χ0) is 21.3. The minimum absolute atomic E-state index is 0.0225. The van der Waals surface area contributed by atoms with Crippen molar-refractivity contribution in [1.82, 2.24) is 14.9 Å². The Kier molecular flexibility index (Phi) is 6.14. The van der Waals surface area contributed by atoms with Gasteiger partial charge in [-0.1, -0.05) is 55.8 Å². The van der Waals surface area contributed by atoms with Crippen LogP contribution >= 0.6 is 11.8 Å². The van der Waals surface area contributed by atoms with Crippen molar-refractivity contribution in [3.8, 4) is 0 Å². The highest BCUT2D eigenvalue weighted by Gasteiger charge is 2.26. The van der Waals surface area contributed by atoms with Crippen molar-refractivity contribution in [3.63, 3.8) is 0 Å². The third kappa shape index (κ3) is 4.10. The quantitative estimate of drug-likeness (QED) is 0.366. The minimum Gasteiger partial charge on any atom is -0.352 e. The number of hydrogen-bond donors (Lipinski definition) is 1. The van der Waals surface area contributed by atoms with Gasteiger partial charge in [0.2, 0.25) is 5.91 Å². The van der Waals surface area contributed by atoms with Crippen LogP contribution in [0, 0.1) is 5.92 Å². The Bertz CT molecular complexity index is 1140. The van der Waals surface area contributed by atoms with Gasteiger partial charge in [0.15, 0.2) is 5.16 Å². The van der Waals surface area contributed by atoms with E-state index >= 15 is 0 Å². The number of amides is 1. The van der Waals surface area contributed by atoms with Crippen LogP contribution in [-0.2, 0) is 11.3 Å². The second kappa shape index (κ2) is 8.80. The van der Waals surface area contributed by atoms with Gasteiger partial charge in [-0.05, 0) is 55.5 Å². The number of nitrogens with one attached hydrogen (secondary N) is 1. The van der Waals surface area contributed by atoms with Gasteiger partial charge in [0.25, 0.3) is 5.56 Å². The molecule has 0 spiro atoms. The number of benzene rings is 2. The topological polar surface area (TPSA) is 64.0 Å². The van der Waals surface area contributed by atoms with E-state index < -0.39 is 0 Å². The molecular weight excluding hydrogens is 394 g/mol. The molecule has 6 heteroatoms. The van der Waals surface area contributed by atoms with Crippen LogP contribution in [0.15, 0.2) is 46.3 Å². The first-order valence-electron chi connectivity index (χ1n) is 10.9. The minimum atomic E-state index is -0.318. The third-order valence-corrected chi connectivity index (χ3v) is 7.28. The predicted molar refractivity (Wildman–Crippen MR) is 124 cm³/mol. The standard InChI is InChI=1S/C24H29N3O2S/c1-4-27-23(29)19-13-17-10-6-7-11-18(17)14-21(19)26-24(27)30-16(3)22(28)25-20-12-8-5-9-15(20)2/h6-7,10-11,13-16,20H,4-5,8-9,12H2,1-3H3,(H,25,28)/t15-,16-,20+/m0/s1. The van der Waals surface area contributed by atoms with E-state index in [1.165, 1.54) is 31.0 Å². The highest BCUT2D eigenvalue weighted by atomic mass is 32.2. The number of nitrogens with zero attached hydrogens (tertiary/aromatic N) is 2. The molecule has 1 aromatic heterocycles. The van der Waals surface area contributed by atoms with Crippen molar-refractivity contribution < 1.29 is 4.79 Å². The number of fused-ring (bicyclic) bond motifs is 2. The lowest BCUT2D eigenvalue weighted by molar-refractivity contribution is -0.121. The van der Waals surface area contributed by atoms with E-state index in [4.69, 9.17) is 4.98 Å². The number of thioether (sulfide) groups is 1. The van der Waals surface area contributed by atoms with Gasteiger partial charge in [-0.15, -0.1) is 0 Å². The van der Waals surface area contributed by atoms with Crippen molar-refractivity contribution in [2.45, 2.75) is 69.4 Å². The maximum absolute atomic E-state index is 13.1. The van der Waals surface area contributed by atoms with E-state index in [2.05, 4.69) is 12.2 Å². The Morgan fingerprint density at radius 3 is 2.63 bits per heavy atom. The first kappa shape index (κ1) is 20.9. The molecule has 0 radical (unpaired) electrons. The molecule has 0 bridgehead atoms. The highest BCUT2D eigenvalue weighted by Crippen LogP contribution is 2.27. The molecule has 1 aliphatic rings. The first-order chi connectivity index (χ1) is 14.5. The number of hydrogen-bond acceptors (Lipinski definition) is 4. The number of carbonyl (C=O) groups is 1. The van der Waals surface area contributed by atoms with Gasteiger partial charge in [-0.2, -0.15) is 0 Å². The molecule has 1 aliphatic carbocycles. The summed E-state index contributed by atoms with van der Waals surface area (Å²) in [5.74, 6) is 0.537. The van der Waals surface area contributed by atoms with Gasteiger partial charge in [0.1, 0.15) is 0 Å². The van der Waals surface area contributed by atoms with Gasteiger partial charge < -0.3 is 5.32 Å². The Morgan fingerprint density at radius 2 is 1.93 bits per heavy atom. The SMILES string of the molecule is CCn1c(S[C@@H](C)C(=O)N[C@@H]2CCCC[C@@H]2C)nc2cc3ccccc3cc2c1=O.